The molecule has 0 radical (unpaired) electrons. The van der Waals surface area contributed by atoms with Gasteiger partial charge in [0, 0.05) is 25.2 Å². The van der Waals surface area contributed by atoms with E-state index in [0.29, 0.717) is 18.0 Å². The Labute approximate surface area is 163 Å². The standard InChI is InChI=1S/C20H32N4O2S/c1-15-12-16(2)14-17(13-15)27(25,26)24-10-6-20(7-11-24)18(21-8-9-22-20)23-19(3,4)5/h12-14,22H,6-11H2,1-5H3,(H,21,23). The molecule has 0 amide bonds. The molecule has 2 N–H and O–H groups in total. The lowest BCUT2D eigenvalue weighted by Crippen LogP contribution is -2.66. The molecule has 1 fully saturated rings. The van der Waals surface area contributed by atoms with E-state index < -0.39 is 10.0 Å². The second-order valence-corrected chi connectivity index (χ2v) is 10.8. The third-order valence-corrected chi connectivity index (χ3v) is 7.08. The smallest absolute Gasteiger partial charge is 0.243 e. The van der Waals surface area contributed by atoms with Gasteiger partial charge in [-0.1, -0.05) is 6.07 Å². The average Bonchev–Trinajstić information content (AvgIpc) is 2.55. The summed E-state index contributed by atoms with van der Waals surface area (Å²) in [6.45, 7) is 12.8. The molecule has 0 atom stereocenters. The first-order valence-electron chi connectivity index (χ1n) is 9.69. The number of nitrogens with one attached hydrogen (secondary N) is 2. The van der Waals surface area contributed by atoms with Crippen LogP contribution >= 0.6 is 0 Å². The predicted octanol–water partition coefficient (Wildman–Crippen LogP) is 2.22. The maximum absolute atomic E-state index is 13.1. The summed E-state index contributed by atoms with van der Waals surface area (Å²) in [5.74, 6) is 0.977. The molecule has 150 valence electrons. The van der Waals surface area contributed by atoms with Crippen LogP contribution in [0.3, 0.4) is 0 Å². The Morgan fingerprint density at radius 2 is 1.70 bits per heavy atom. The molecule has 1 aromatic carbocycles. The summed E-state index contributed by atoms with van der Waals surface area (Å²) in [6.07, 6.45) is 1.44. The molecule has 1 spiro atoms. The number of aliphatic imine (C=N–C) groups is 1. The zero-order chi connectivity index (χ0) is 19.9. The van der Waals surface area contributed by atoms with E-state index in [4.69, 9.17) is 4.99 Å². The monoisotopic (exact) mass is 392 g/mol. The van der Waals surface area contributed by atoms with Crippen molar-refractivity contribution >= 4 is 15.9 Å². The second-order valence-electron chi connectivity index (χ2n) is 8.84. The number of nitrogens with zero attached hydrogens (tertiary/aromatic N) is 2. The van der Waals surface area contributed by atoms with Crippen LogP contribution in [0.25, 0.3) is 0 Å². The first kappa shape index (κ1) is 20.3. The highest BCUT2D eigenvalue weighted by Crippen LogP contribution is 2.30. The van der Waals surface area contributed by atoms with E-state index in [1.807, 2.05) is 19.9 Å². The van der Waals surface area contributed by atoms with Crippen LogP contribution in [0.1, 0.15) is 44.7 Å². The number of benzene rings is 1. The van der Waals surface area contributed by atoms with E-state index >= 15 is 0 Å². The molecule has 6 nitrogen and oxygen atoms in total. The van der Waals surface area contributed by atoms with Crippen molar-refractivity contribution < 1.29 is 8.42 Å². The summed E-state index contributed by atoms with van der Waals surface area (Å²) in [6, 6.07) is 5.52. The van der Waals surface area contributed by atoms with Gasteiger partial charge in [0.05, 0.1) is 17.0 Å². The lowest BCUT2D eigenvalue weighted by molar-refractivity contribution is 0.238. The van der Waals surface area contributed by atoms with Crippen molar-refractivity contribution in [2.24, 2.45) is 4.99 Å². The summed E-state index contributed by atoms with van der Waals surface area (Å²) in [5.41, 5.74) is 1.62. The Balaban J connectivity index is 1.79. The van der Waals surface area contributed by atoms with Gasteiger partial charge < -0.3 is 10.6 Å². The first-order chi connectivity index (χ1) is 12.5. The lowest BCUT2D eigenvalue weighted by Gasteiger charge is -2.46. The minimum Gasteiger partial charge on any atom is -0.368 e. The molecule has 2 aliphatic rings. The van der Waals surface area contributed by atoms with Crippen LogP contribution in [-0.2, 0) is 10.0 Å². The second kappa shape index (κ2) is 7.18. The van der Waals surface area contributed by atoms with Crippen molar-refractivity contribution in [3.05, 3.63) is 29.3 Å². The number of sulfonamides is 1. The van der Waals surface area contributed by atoms with E-state index in [0.717, 1.165) is 42.9 Å². The molecule has 3 rings (SSSR count). The minimum atomic E-state index is -3.47. The van der Waals surface area contributed by atoms with Crippen molar-refractivity contribution in [3.63, 3.8) is 0 Å². The SMILES string of the molecule is Cc1cc(C)cc(S(=O)(=O)N2CCC3(CC2)NCCN=C3NC(C)(C)C)c1. The molecule has 2 aliphatic heterocycles. The third kappa shape index (κ3) is 4.36. The van der Waals surface area contributed by atoms with Crippen LogP contribution < -0.4 is 10.6 Å². The van der Waals surface area contributed by atoms with Crippen molar-refractivity contribution in [2.75, 3.05) is 26.2 Å². The molecule has 0 unspecified atom stereocenters. The summed E-state index contributed by atoms with van der Waals surface area (Å²) < 4.78 is 27.9. The highest BCUT2D eigenvalue weighted by atomic mass is 32.2. The molecule has 7 heteroatoms. The molecule has 0 aromatic heterocycles. The zero-order valence-corrected chi connectivity index (χ0v) is 17.9. The van der Waals surface area contributed by atoms with Gasteiger partial charge >= 0.3 is 0 Å². The van der Waals surface area contributed by atoms with Gasteiger partial charge in [0.15, 0.2) is 0 Å². The molecule has 1 saturated heterocycles. The summed E-state index contributed by atoms with van der Waals surface area (Å²) >= 11 is 0. The zero-order valence-electron chi connectivity index (χ0n) is 17.1. The first-order valence-corrected chi connectivity index (χ1v) is 11.1. The van der Waals surface area contributed by atoms with E-state index in [1.54, 1.807) is 16.4 Å². The van der Waals surface area contributed by atoms with Crippen LogP contribution in [0.2, 0.25) is 0 Å². The van der Waals surface area contributed by atoms with Crippen LogP contribution in [-0.4, -0.2) is 55.8 Å². The normalized spacial score (nSPS) is 21.1. The molecular formula is C20H32N4O2S. The topological polar surface area (TPSA) is 73.8 Å². The summed E-state index contributed by atoms with van der Waals surface area (Å²) in [7, 11) is -3.47. The fourth-order valence-corrected chi connectivity index (χ4v) is 5.60. The van der Waals surface area contributed by atoms with E-state index in [-0.39, 0.29) is 11.1 Å². The Hall–Kier alpha value is -1.44. The van der Waals surface area contributed by atoms with Crippen molar-refractivity contribution in [1.82, 2.24) is 14.9 Å². The fraction of sp³-hybridized carbons (Fsp3) is 0.650. The Morgan fingerprint density at radius 1 is 1.11 bits per heavy atom. The quantitative estimate of drug-likeness (QED) is 0.809. The lowest BCUT2D eigenvalue weighted by atomic mass is 9.85. The molecule has 1 aromatic rings. The van der Waals surface area contributed by atoms with Crippen molar-refractivity contribution in [3.8, 4) is 0 Å². The molecule has 0 saturated carbocycles. The molecular weight excluding hydrogens is 360 g/mol. The number of amidine groups is 1. The van der Waals surface area contributed by atoms with Gasteiger partial charge in [-0.2, -0.15) is 4.31 Å². The van der Waals surface area contributed by atoms with Crippen molar-refractivity contribution in [2.45, 2.75) is 63.4 Å². The number of piperidine rings is 1. The van der Waals surface area contributed by atoms with Gasteiger partial charge in [0.25, 0.3) is 0 Å². The Morgan fingerprint density at radius 3 is 2.26 bits per heavy atom. The number of rotatable bonds is 2. The molecule has 2 heterocycles. The van der Waals surface area contributed by atoms with Gasteiger partial charge in [-0.05, 0) is 70.7 Å². The van der Waals surface area contributed by atoms with Gasteiger partial charge in [-0.15, -0.1) is 0 Å². The van der Waals surface area contributed by atoms with Gasteiger partial charge in [-0.25, -0.2) is 8.42 Å². The number of hydrogen-bond donors (Lipinski definition) is 2. The van der Waals surface area contributed by atoms with Crippen LogP contribution in [0, 0.1) is 13.8 Å². The van der Waals surface area contributed by atoms with Crippen molar-refractivity contribution in [1.29, 1.82) is 0 Å². The molecule has 0 bridgehead atoms. The Bertz CT molecular complexity index is 812. The maximum atomic E-state index is 13.1. The summed E-state index contributed by atoms with van der Waals surface area (Å²) in [5, 5.41) is 7.16. The minimum absolute atomic E-state index is 0.0762. The van der Waals surface area contributed by atoms with Gasteiger partial charge in [0.2, 0.25) is 10.0 Å². The highest BCUT2D eigenvalue weighted by Gasteiger charge is 2.43. The van der Waals surface area contributed by atoms with Crippen LogP contribution in [0.5, 0.6) is 0 Å². The fourth-order valence-electron chi connectivity index (χ4n) is 3.97. The van der Waals surface area contributed by atoms with Crippen LogP contribution in [0.4, 0.5) is 0 Å². The van der Waals surface area contributed by atoms with Gasteiger partial charge in [-0.3, -0.25) is 4.99 Å². The number of aryl methyl sites for hydroxylation is 2. The molecule has 0 aliphatic carbocycles. The van der Waals surface area contributed by atoms with E-state index in [9.17, 15) is 8.42 Å². The maximum Gasteiger partial charge on any atom is 0.243 e. The predicted molar refractivity (Wildman–Crippen MR) is 110 cm³/mol. The van der Waals surface area contributed by atoms with E-state index in [2.05, 4.69) is 31.4 Å². The highest BCUT2D eigenvalue weighted by molar-refractivity contribution is 7.89. The largest absolute Gasteiger partial charge is 0.368 e. The van der Waals surface area contributed by atoms with Gasteiger partial charge in [0.1, 0.15) is 5.84 Å². The van der Waals surface area contributed by atoms with Crippen LogP contribution in [0.15, 0.2) is 28.1 Å². The van der Waals surface area contributed by atoms with E-state index in [1.165, 1.54) is 0 Å². The number of hydrogen-bond acceptors (Lipinski definition) is 5. The summed E-state index contributed by atoms with van der Waals surface area (Å²) in [4.78, 5) is 5.13. The average molecular weight is 393 g/mol. The Kier molecular flexibility index (Phi) is 5.40. The molecule has 27 heavy (non-hydrogen) atoms. The third-order valence-electron chi connectivity index (χ3n) is 5.20.